The van der Waals surface area contributed by atoms with E-state index in [4.69, 9.17) is 5.73 Å². The van der Waals surface area contributed by atoms with Gasteiger partial charge in [-0.15, -0.1) is 0 Å². The predicted molar refractivity (Wildman–Crippen MR) is 60.6 cm³/mol. The summed E-state index contributed by atoms with van der Waals surface area (Å²) < 4.78 is 1.77. The van der Waals surface area contributed by atoms with Crippen LogP contribution in [0.25, 0.3) is 0 Å². The van der Waals surface area contributed by atoms with Crippen LogP contribution in [0.1, 0.15) is 23.0 Å². The normalized spacial score (nSPS) is 12.7. The minimum absolute atomic E-state index is 0.128. The number of aromatic nitrogens is 4. The highest BCUT2D eigenvalue weighted by atomic mass is 15.2. The maximum absolute atomic E-state index is 6.05. The molecule has 84 valence electrons. The standard InChI is InChI=1S/C11H15N5/c1-8-4-14-11(6-13-8)10(12)3-9-5-15-16(2)7-9/h4-7,10H,3,12H2,1-2H3. The molecular formula is C11H15N5. The van der Waals surface area contributed by atoms with Gasteiger partial charge in [0.1, 0.15) is 0 Å². The maximum Gasteiger partial charge on any atom is 0.0757 e. The zero-order valence-corrected chi connectivity index (χ0v) is 9.46. The first-order chi connectivity index (χ1) is 7.65. The van der Waals surface area contributed by atoms with E-state index in [9.17, 15) is 0 Å². The highest BCUT2D eigenvalue weighted by Gasteiger charge is 2.09. The SMILES string of the molecule is Cc1cnc(C(N)Cc2cnn(C)c2)cn1. The van der Waals surface area contributed by atoms with Gasteiger partial charge in [-0.05, 0) is 18.9 Å². The summed E-state index contributed by atoms with van der Waals surface area (Å²) in [7, 11) is 1.89. The predicted octanol–water partition coefficient (Wildman–Crippen LogP) is 0.761. The van der Waals surface area contributed by atoms with Crippen LogP contribution in [-0.4, -0.2) is 19.7 Å². The molecule has 16 heavy (non-hydrogen) atoms. The number of hydrogen-bond donors (Lipinski definition) is 1. The number of nitrogens with two attached hydrogens (primary N) is 1. The molecule has 0 saturated carbocycles. The van der Waals surface area contributed by atoms with Crippen LogP contribution in [0.4, 0.5) is 0 Å². The molecular weight excluding hydrogens is 202 g/mol. The van der Waals surface area contributed by atoms with Crippen molar-refractivity contribution in [3.63, 3.8) is 0 Å². The van der Waals surface area contributed by atoms with Gasteiger partial charge in [0.2, 0.25) is 0 Å². The first kappa shape index (κ1) is 10.8. The highest BCUT2D eigenvalue weighted by Crippen LogP contribution is 2.12. The second-order valence-electron chi connectivity index (χ2n) is 3.92. The molecule has 0 fully saturated rings. The maximum atomic E-state index is 6.05. The summed E-state index contributed by atoms with van der Waals surface area (Å²) in [6, 6.07) is -0.128. The van der Waals surface area contributed by atoms with Crippen LogP contribution in [0.3, 0.4) is 0 Å². The van der Waals surface area contributed by atoms with Crippen LogP contribution < -0.4 is 5.73 Å². The van der Waals surface area contributed by atoms with Crippen molar-refractivity contribution < 1.29 is 0 Å². The van der Waals surface area contributed by atoms with Crippen LogP contribution in [0, 0.1) is 6.92 Å². The summed E-state index contributed by atoms with van der Waals surface area (Å²) in [4.78, 5) is 8.45. The highest BCUT2D eigenvalue weighted by molar-refractivity contribution is 5.12. The summed E-state index contributed by atoms with van der Waals surface area (Å²) in [5, 5.41) is 4.10. The first-order valence-corrected chi connectivity index (χ1v) is 5.17. The molecule has 5 nitrogen and oxygen atoms in total. The fourth-order valence-corrected chi connectivity index (χ4v) is 1.53. The van der Waals surface area contributed by atoms with Crippen molar-refractivity contribution in [3.05, 3.63) is 41.7 Å². The summed E-state index contributed by atoms with van der Waals surface area (Å²) in [5.74, 6) is 0. The molecule has 2 aromatic rings. The Bertz CT molecular complexity index is 459. The summed E-state index contributed by atoms with van der Waals surface area (Å²) in [6.07, 6.45) is 7.98. The van der Waals surface area contributed by atoms with Gasteiger partial charge >= 0.3 is 0 Å². The van der Waals surface area contributed by atoms with E-state index in [-0.39, 0.29) is 6.04 Å². The second-order valence-corrected chi connectivity index (χ2v) is 3.92. The molecule has 0 bridgehead atoms. The average Bonchev–Trinajstić information content (AvgIpc) is 2.65. The van der Waals surface area contributed by atoms with Crippen molar-refractivity contribution in [2.45, 2.75) is 19.4 Å². The van der Waals surface area contributed by atoms with Crippen molar-refractivity contribution >= 4 is 0 Å². The fraction of sp³-hybridized carbons (Fsp3) is 0.364. The molecule has 2 heterocycles. The van der Waals surface area contributed by atoms with Gasteiger partial charge in [0.15, 0.2) is 0 Å². The summed E-state index contributed by atoms with van der Waals surface area (Å²) in [6.45, 7) is 1.91. The Kier molecular flexibility index (Phi) is 2.96. The smallest absolute Gasteiger partial charge is 0.0757 e. The van der Waals surface area contributed by atoms with E-state index in [1.807, 2.05) is 26.4 Å². The summed E-state index contributed by atoms with van der Waals surface area (Å²) >= 11 is 0. The van der Waals surface area contributed by atoms with E-state index in [1.54, 1.807) is 17.1 Å². The lowest BCUT2D eigenvalue weighted by Crippen LogP contribution is -2.15. The van der Waals surface area contributed by atoms with Gasteiger partial charge in [0.05, 0.1) is 29.8 Å². The third-order valence-electron chi connectivity index (χ3n) is 2.39. The van der Waals surface area contributed by atoms with Crippen LogP contribution >= 0.6 is 0 Å². The Hall–Kier alpha value is -1.75. The fourth-order valence-electron chi connectivity index (χ4n) is 1.53. The van der Waals surface area contributed by atoms with Crippen molar-refractivity contribution in [1.82, 2.24) is 19.7 Å². The third-order valence-corrected chi connectivity index (χ3v) is 2.39. The van der Waals surface area contributed by atoms with Crippen LogP contribution in [0.2, 0.25) is 0 Å². The second kappa shape index (κ2) is 4.40. The zero-order chi connectivity index (χ0) is 11.5. The molecule has 2 N–H and O–H groups in total. The molecule has 0 aromatic carbocycles. The zero-order valence-electron chi connectivity index (χ0n) is 9.46. The molecule has 0 aliphatic carbocycles. The van der Waals surface area contributed by atoms with Gasteiger partial charge in [-0.1, -0.05) is 0 Å². The lowest BCUT2D eigenvalue weighted by molar-refractivity contribution is 0.688. The van der Waals surface area contributed by atoms with E-state index in [0.717, 1.165) is 23.4 Å². The first-order valence-electron chi connectivity index (χ1n) is 5.17. The summed E-state index contributed by atoms with van der Waals surface area (Å²) in [5.41, 5.74) is 8.87. The van der Waals surface area contributed by atoms with E-state index >= 15 is 0 Å². The van der Waals surface area contributed by atoms with Crippen molar-refractivity contribution in [1.29, 1.82) is 0 Å². The molecule has 2 aromatic heterocycles. The Morgan fingerprint density at radius 1 is 1.31 bits per heavy atom. The molecule has 5 heteroatoms. The molecule has 0 aliphatic rings. The molecule has 1 atom stereocenters. The Labute approximate surface area is 94.3 Å². The molecule has 0 radical (unpaired) electrons. The van der Waals surface area contributed by atoms with E-state index in [1.165, 1.54) is 0 Å². The van der Waals surface area contributed by atoms with E-state index < -0.39 is 0 Å². The van der Waals surface area contributed by atoms with E-state index in [2.05, 4.69) is 15.1 Å². The quantitative estimate of drug-likeness (QED) is 0.824. The molecule has 2 rings (SSSR count). The number of hydrogen-bond acceptors (Lipinski definition) is 4. The minimum Gasteiger partial charge on any atom is -0.322 e. The largest absolute Gasteiger partial charge is 0.322 e. The van der Waals surface area contributed by atoms with Gasteiger partial charge in [-0.3, -0.25) is 14.6 Å². The third kappa shape index (κ3) is 2.43. The van der Waals surface area contributed by atoms with Crippen LogP contribution in [0.5, 0.6) is 0 Å². The molecule has 0 saturated heterocycles. The van der Waals surface area contributed by atoms with Crippen molar-refractivity contribution in [2.75, 3.05) is 0 Å². The lowest BCUT2D eigenvalue weighted by Gasteiger charge is -2.08. The van der Waals surface area contributed by atoms with Gasteiger partial charge in [-0.2, -0.15) is 5.10 Å². The van der Waals surface area contributed by atoms with E-state index in [0.29, 0.717) is 0 Å². The number of rotatable bonds is 3. The van der Waals surface area contributed by atoms with Crippen molar-refractivity contribution in [3.8, 4) is 0 Å². The van der Waals surface area contributed by atoms with Gasteiger partial charge in [0, 0.05) is 19.4 Å². The van der Waals surface area contributed by atoms with Crippen LogP contribution in [-0.2, 0) is 13.5 Å². The number of aryl methyl sites for hydroxylation is 2. The molecule has 0 amide bonds. The van der Waals surface area contributed by atoms with Gasteiger partial charge < -0.3 is 5.73 Å². The van der Waals surface area contributed by atoms with Crippen LogP contribution in [0.15, 0.2) is 24.8 Å². The molecule has 0 spiro atoms. The Balaban J connectivity index is 2.08. The molecule has 0 aliphatic heterocycles. The Morgan fingerprint density at radius 2 is 2.12 bits per heavy atom. The molecule has 1 unspecified atom stereocenters. The topological polar surface area (TPSA) is 69.6 Å². The minimum atomic E-state index is -0.128. The lowest BCUT2D eigenvalue weighted by atomic mass is 10.1. The Morgan fingerprint density at radius 3 is 2.69 bits per heavy atom. The average molecular weight is 217 g/mol. The van der Waals surface area contributed by atoms with Crippen molar-refractivity contribution in [2.24, 2.45) is 12.8 Å². The number of nitrogens with zero attached hydrogens (tertiary/aromatic N) is 4. The monoisotopic (exact) mass is 217 g/mol. The van der Waals surface area contributed by atoms with Gasteiger partial charge in [-0.25, -0.2) is 0 Å². The van der Waals surface area contributed by atoms with Gasteiger partial charge in [0.25, 0.3) is 0 Å².